The third-order valence-corrected chi connectivity index (χ3v) is 4.10. The Morgan fingerprint density at radius 1 is 1.38 bits per heavy atom. The van der Waals surface area contributed by atoms with Crippen LogP contribution in [0.3, 0.4) is 0 Å². The van der Waals surface area contributed by atoms with Gasteiger partial charge in [0.05, 0.1) is 4.92 Å². The van der Waals surface area contributed by atoms with Crippen LogP contribution >= 0.6 is 0 Å². The lowest BCUT2D eigenvalue weighted by atomic mass is 10.2. The molecule has 0 spiro atoms. The summed E-state index contributed by atoms with van der Waals surface area (Å²) in [6.45, 7) is 1.53. The van der Waals surface area contributed by atoms with Crippen LogP contribution in [0, 0.1) is 10.1 Å². The van der Waals surface area contributed by atoms with Crippen molar-refractivity contribution in [3.05, 3.63) is 28.3 Å². The van der Waals surface area contributed by atoms with Gasteiger partial charge in [0, 0.05) is 19.1 Å². The number of nitro benzene ring substituents is 1. The predicted molar refractivity (Wildman–Crippen MR) is 84.3 cm³/mol. The zero-order valence-electron chi connectivity index (χ0n) is 12.3. The molecule has 7 nitrogen and oxygen atoms in total. The van der Waals surface area contributed by atoms with Gasteiger partial charge in [0.25, 0.3) is 0 Å². The van der Waals surface area contributed by atoms with Crippen molar-refractivity contribution in [3.63, 3.8) is 0 Å². The highest BCUT2D eigenvalue weighted by Crippen LogP contribution is 2.32. The average molecular weight is 293 g/mol. The van der Waals surface area contributed by atoms with Crippen molar-refractivity contribution in [1.29, 1.82) is 0 Å². The molecule has 0 amide bonds. The van der Waals surface area contributed by atoms with Crippen molar-refractivity contribution in [1.82, 2.24) is 4.90 Å². The quantitative estimate of drug-likeness (QED) is 0.405. The fraction of sp³-hybridized carbons (Fsp3) is 0.571. The molecule has 1 aromatic carbocycles. The summed E-state index contributed by atoms with van der Waals surface area (Å²) in [6, 6.07) is 5.69. The van der Waals surface area contributed by atoms with Crippen molar-refractivity contribution in [2.24, 2.45) is 5.84 Å². The molecular weight excluding hydrogens is 270 g/mol. The Balaban J connectivity index is 1.95. The van der Waals surface area contributed by atoms with Gasteiger partial charge in [0.1, 0.15) is 11.4 Å². The molecule has 0 saturated heterocycles. The molecule has 116 valence electrons. The lowest BCUT2D eigenvalue weighted by Crippen LogP contribution is -2.33. The molecule has 0 aromatic heterocycles. The largest absolute Gasteiger partial charge is 0.378 e. The molecule has 1 aliphatic rings. The van der Waals surface area contributed by atoms with Crippen molar-refractivity contribution in [3.8, 4) is 0 Å². The summed E-state index contributed by atoms with van der Waals surface area (Å²) in [5.74, 6) is 5.33. The highest BCUT2D eigenvalue weighted by atomic mass is 16.6. The first-order valence-electron chi connectivity index (χ1n) is 7.31. The Hall–Kier alpha value is -1.86. The summed E-state index contributed by atoms with van der Waals surface area (Å²) in [4.78, 5) is 13.1. The van der Waals surface area contributed by atoms with Crippen LogP contribution in [0.5, 0.6) is 0 Å². The van der Waals surface area contributed by atoms with Gasteiger partial charge in [0.15, 0.2) is 0 Å². The number of nitrogens with one attached hydrogen (secondary N) is 2. The van der Waals surface area contributed by atoms with Gasteiger partial charge >= 0.3 is 5.69 Å². The number of hydrazine groups is 1. The number of anilines is 2. The van der Waals surface area contributed by atoms with Crippen LogP contribution in [0.1, 0.15) is 25.7 Å². The summed E-state index contributed by atoms with van der Waals surface area (Å²) in [6.07, 6.45) is 5.11. The van der Waals surface area contributed by atoms with Crippen molar-refractivity contribution in [2.45, 2.75) is 31.7 Å². The molecule has 1 saturated carbocycles. The minimum absolute atomic E-state index is 0.0106. The van der Waals surface area contributed by atoms with Crippen LogP contribution in [0.2, 0.25) is 0 Å². The normalized spacial score (nSPS) is 15.4. The van der Waals surface area contributed by atoms with Gasteiger partial charge in [-0.15, -0.1) is 0 Å². The molecule has 0 aliphatic heterocycles. The molecule has 0 heterocycles. The minimum atomic E-state index is -0.418. The van der Waals surface area contributed by atoms with Crippen molar-refractivity contribution in [2.75, 3.05) is 30.9 Å². The van der Waals surface area contributed by atoms with Gasteiger partial charge in [0.2, 0.25) is 0 Å². The average Bonchev–Trinajstić information content (AvgIpc) is 3.00. The summed E-state index contributed by atoms with van der Waals surface area (Å²) in [7, 11) is 2.12. The van der Waals surface area contributed by atoms with Gasteiger partial charge in [-0.25, -0.2) is 0 Å². The number of hydrogen-bond donors (Lipinski definition) is 3. The van der Waals surface area contributed by atoms with E-state index < -0.39 is 4.92 Å². The van der Waals surface area contributed by atoms with Gasteiger partial charge in [-0.1, -0.05) is 18.9 Å². The second-order valence-electron chi connectivity index (χ2n) is 5.45. The lowest BCUT2D eigenvalue weighted by molar-refractivity contribution is -0.383. The molecule has 1 aliphatic carbocycles. The Morgan fingerprint density at radius 3 is 2.67 bits per heavy atom. The zero-order chi connectivity index (χ0) is 15.2. The van der Waals surface area contributed by atoms with Crippen molar-refractivity contribution < 1.29 is 4.92 Å². The molecule has 4 N–H and O–H groups in total. The molecular formula is C14H23N5O2. The van der Waals surface area contributed by atoms with E-state index in [1.54, 1.807) is 18.2 Å². The molecule has 7 heteroatoms. The van der Waals surface area contributed by atoms with E-state index in [2.05, 4.69) is 22.7 Å². The third-order valence-electron chi connectivity index (χ3n) is 4.10. The van der Waals surface area contributed by atoms with Gasteiger partial charge in [-0.05, 0) is 32.0 Å². The molecule has 0 radical (unpaired) electrons. The van der Waals surface area contributed by atoms with Gasteiger partial charge in [-0.2, -0.15) is 0 Å². The van der Waals surface area contributed by atoms with Gasteiger partial charge < -0.3 is 15.6 Å². The summed E-state index contributed by atoms with van der Waals surface area (Å²) >= 11 is 0. The zero-order valence-corrected chi connectivity index (χ0v) is 12.3. The highest BCUT2D eigenvalue weighted by molar-refractivity contribution is 5.75. The van der Waals surface area contributed by atoms with Gasteiger partial charge in [-0.3, -0.25) is 16.0 Å². The van der Waals surface area contributed by atoms with E-state index in [4.69, 9.17) is 5.84 Å². The topological polar surface area (TPSA) is 96.5 Å². The molecule has 2 rings (SSSR count). The Morgan fingerprint density at radius 2 is 2.05 bits per heavy atom. The minimum Gasteiger partial charge on any atom is -0.378 e. The fourth-order valence-electron chi connectivity index (χ4n) is 2.89. The van der Waals surface area contributed by atoms with E-state index >= 15 is 0 Å². The molecule has 1 aromatic rings. The van der Waals surface area contributed by atoms with E-state index in [1.165, 1.54) is 25.7 Å². The molecule has 21 heavy (non-hydrogen) atoms. The maximum absolute atomic E-state index is 11.2. The molecule has 0 atom stereocenters. The highest BCUT2D eigenvalue weighted by Gasteiger charge is 2.21. The number of benzene rings is 1. The Labute approximate surface area is 124 Å². The maximum Gasteiger partial charge on any atom is 0.316 e. The number of nitrogens with two attached hydrogens (primary N) is 1. The number of hydrogen-bond acceptors (Lipinski definition) is 6. The van der Waals surface area contributed by atoms with Crippen LogP contribution in [-0.2, 0) is 0 Å². The SMILES string of the molecule is CN(CCNc1cccc(NN)c1[N+](=O)[O-])C1CCCC1. The number of likely N-dealkylation sites (N-methyl/N-ethyl adjacent to an activating group) is 1. The molecule has 0 bridgehead atoms. The molecule has 1 fully saturated rings. The van der Waals surface area contributed by atoms with E-state index in [-0.39, 0.29) is 5.69 Å². The second-order valence-corrected chi connectivity index (χ2v) is 5.45. The van der Waals surface area contributed by atoms with E-state index in [0.717, 1.165) is 6.54 Å². The van der Waals surface area contributed by atoms with Crippen LogP contribution in [0.15, 0.2) is 18.2 Å². The van der Waals surface area contributed by atoms with E-state index in [0.29, 0.717) is 24.0 Å². The molecule has 0 unspecified atom stereocenters. The number of nitro groups is 1. The standard InChI is InChI=1S/C14H23N5O2/c1-18(11-5-2-3-6-11)10-9-16-12-7-4-8-13(17-15)14(12)19(20)21/h4,7-8,11,16-17H,2-3,5-6,9-10,15H2,1H3. The van der Waals surface area contributed by atoms with E-state index in [1.807, 2.05) is 0 Å². The first kappa shape index (κ1) is 15.5. The third kappa shape index (κ3) is 3.83. The number of rotatable bonds is 7. The smallest absolute Gasteiger partial charge is 0.316 e. The number of nitrogen functional groups attached to an aromatic ring is 1. The van der Waals surface area contributed by atoms with Crippen LogP contribution < -0.4 is 16.6 Å². The number of nitrogens with zero attached hydrogens (tertiary/aromatic N) is 2. The first-order chi connectivity index (χ1) is 10.1. The second kappa shape index (κ2) is 7.24. The van der Waals surface area contributed by atoms with Crippen LogP contribution in [0.25, 0.3) is 0 Å². The summed E-state index contributed by atoms with van der Waals surface area (Å²) < 4.78 is 0. The van der Waals surface area contributed by atoms with Crippen LogP contribution in [0.4, 0.5) is 17.1 Å². The first-order valence-corrected chi connectivity index (χ1v) is 7.31. The Bertz CT molecular complexity index is 488. The summed E-state index contributed by atoms with van der Waals surface area (Å²) in [5, 5.41) is 14.3. The van der Waals surface area contributed by atoms with Crippen LogP contribution in [-0.4, -0.2) is 36.0 Å². The number of para-hydroxylation sites is 1. The fourth-order valence-corrected chi connectivity index (χ4v) is 2.89. The van der Waals surface area contributed by atoms with Crippen molar-refractivity contribution >= 4 is 17.1 Å². The summed E-state index contributed by atoms with van der Waals surface area (Å²) in [5.41, 5.74) is 3.17. The maximum atomic E-state index is 11.2. The Kier molecular flexibility index (Phi) is 5.35. The lowest BCUT2D eigenvalue weighted by Gasteiger charge is -2.24. The predicted octanol–water partition coefficient (Wildman–Crippen LogP) is 2.17. The monoisotopic (exact) mass is 293 g/mol. The van der Waals surface area contributed by atoms with E-state index in [9.17, 15) is 10.1 Å².